The highest BCUT2D eigenvalue weighted by Gasteiger charge is 2.08. The summed E-state index contributed by atoms with van der Waals surface area (Å²) in [6, 6.07) is 4.32. The Morgan fingerprint density at radius 2 is 2.29 bits per heavy atom. The predicted octanol–water partition coefficient (Wildman–Crippen LogP) is 2.63. The third-order valence-electron chi connectivity index (χ3n) is 2.24. The molecule has 17 heavy (non-hydrogen) atoms. The summed E-state index contributed by atoms with van der Waals surface area (Å²) in [6.07, 6.45) is 1.62. The maximum absolute atomic E-state index is 13.0. The number of hydrogen-bond donors (Lipinski definition) is 1. The fourth-order valence-corrected chi connectivity index (χ4v) is 1.38. The van der Waals surface area contributed by atoms with E-state index in [2.05, 4.69) is 10.3 Å². The largest absolute Gasteiger partial charge is 0.417 e. The van der Waals surface area contributed by atoms with Gasteiger partial charge in [0.15, 0.2) is 0 Å². The molecule has 1 N–H and O–H groups in total. The highest BCUT2D eigenvalue weighted by Crippen LogP contribution is 2.25. The van der Waals surface area contributed by atoms with Gasteiger partial charge >= 0.3 is 6.08 Å². The molecule has 90 valence electrons. The fourth-order valence-electron chi connectivity index (χ4n) is 1.38. The molecule has 0 saturated carbocycles. The van der Waals surface area contributed by atoms with Gasteiger partial charge in [0.1, 0.15) is 17.8 Å². The van der Waals surface area contributed by atoms with Crippen LogP contribution in [0.15, 0.2) is 28.9 Å². The lowest BCUT2D eigenvalue weighted by atomic mass is 10.2. The van der Waals surface area contributed by atoms with Crippen molar-refractivity contribution in [2.45, 2.75) is 13.5 Å². The van der Waals surface area contributed by atoms with Crippen molar-refractivity contribution in [2.75, 3.05) is 7.05 Å². The van der Waals surface area contributed by atoms with Crippen LogP contribution < -0.4 is 10.1 Å². The van der Waals surface area contributed by atoms with E-state index in [-0.39, 0.29) is 11.9 Å². The molecule has 0 aliphatic carbocycles. The molecule has 0 aliphatic heterocycles. The molecule has 0 bridgehead atoms. The summed E-state index contributed by atoms with van der Waals surface area (Å²) in [5, 5.41) is 2.94. The van der Waals surface area contributed by atoms with Crippen molar-refractivity contribution in [3.05, 3.63) is 41.5 Å². The summed E-state index contributed by atoms with van der Waals surface area (Å²) in [7, 11) is 1.81. The van der Waals surface area contributed by atoms with Crippen LogP contribution in [0.5, 0.6) is 11.8 Å². The van der Waals surface area contributed by atoms with Crippen LogP contribution in [0.2, 0.25) is 0 Å². The molecule has 2 rings (SSSR count). The van der Waals surface area contributed by atoms with Gasteiger partial charge in [0.05, 0.1) is 5.69 Å². The first-order valence-corrected chi connectivity index (χ1v) is 5.22. The van der Waals surface area contributed by atoms with Crippen molar-refractivity contribution in [2.24, 2.45) is 0 Å². The van der Waals surface area contributed by atoms with Crippen LogP contribution in [-0.2, 0) is 6.54 Å². The number of nitrogens with one attached hydrogen (secondary N) is 1. The van der Waals surface area contributed by atoms with E-state index in [9.17, 15) is 4.39 Å². The third-order valence-corrected chi connectivity index (χ3v) is 2.24. The van der Waals surface area contributed by atoms with Gasteiger partial charge in [-0.3, -0.25) is 0 Å². The van der Waals surface area contributed by atoms with E-state index in [1.54, 1.807) is 6.07 Å². The van der Waals surface area contributed by atoms with Crippen LogP contribution in [0.3, 0.4) is 0 Å². The Balaban J connectivity index is 2.16. The molecular formula is C12H13FN2O2. The number of ether oxygens (including phenoxy) is 1. The molecule has 1 heterocycles. The van der Waals surface area contributed by atoms with E-state index in [4.69, 9.17) is 9.15 Å². The standard InChI is InChI=1S/C12H13FN2O2/c1-8-3-4-9(13)5-11(8)17-12-15-10(6-14-2)7-16-12/h3-5,7,14H,6H2,1-2H3. The van der Waals surface area contributed by atoms with Crippen LogP contribution in [0, 0.1) is 12.7 Å². The molecule has 4 nitrogen and oxygen atoms in total. The summed E-state index contributed by atoms with van der Waals surface area (Å²) in [5.74, 6) is 0.0514. The molecule has 1 aromatic carbocycles. The van der Waals surface area contributed by atoms with Gasteiger partial charge in [-0.15, -0.1) is 0 Å². The van der Waals surface area contributed by atoms with Crippen molar-refractivity contribution in [3.8, 4) is 11.8 Å². The molecule has 0 unspecified atom stereocenters. The SMILES string of the molecule is CNCc1coc(Oc2cc(F)ccc2C)n1. The molecule has 2 aromatic rings. The van der Waals surface area contributed by atoms with Gasteiger partial charge in [-0.05, 0) is 25.6 Å². The van der Waals surface area contributed by atoms with Gasteiger partial charge < -0.3 is 14.5 Å². The monoisotopic (exact) mass is 236 g/mol. The Morgan fingerprint density at radius 3 is 3.06 bits per heavy atom. The predicted molar refractivity (Wildman–Crippen MR) is 60.5 cm³/mol. The average molecular weight is 236 g/mol. The van der Waals surface area contributed by atoms with Crippen LogP contribution in [-0.4, -0.2) is 12.0 Å². The van der Waals surface area contributed by atoms with Gasteiger partial charge in [-0.2, -0.15) is 4.98 Å². The second kappa shape index (κ2) is 4.97. The number of oxazole rings is 1. The first-order valence-electron chi connectivity index (χ1n) is 5.22. The quantitative estimate of drug-likeness (QED) is 0.886. The van der Waals surface area contributed by atoms with Gasteiger partial charge in [-0.25, -0.2) is 4.39 Å². The number of halogens is 1. The second-order valence-corrected chi connectivity index (χ2v) is 3.65. The number of hydrogen-bond acceptors (Lipinski definition) is 4. The molecule has 0 spiro atoms. The second-order valence-electron chi connectivity index (χ2n) is 3.65. The molecule has 5 heteroatoms. The fraction of sp³-hybridized carbons (Fsp3) is 0.250. The van der Waals surface area contributed by atoms with Crippen LogP contribution in [0.4, 0.5) is 4.39 Å². The molecule has 0 fully saturated rings. The summed E-state index contributed by atoms with van der Waals surface area (Å²) in [6.45, 7) is 2.42. The minimum atomic E-state index is -0.354. The Hall–Kier alpha value is -1.88. The summed E-state index contributed by atoms with van der Waals surface area (Å²) < 4.78 is 23.5. The lowest BCUT2D eigenvalue weighted by Crippen LogP contribution is -2.04. The first-order chi connectivity index (χ1) is 8.19. The summed E-state index contributed by atoms with van der Waals surface area (Å²) >= 11 is 0. The Bertz CT molecular complexity index is 511. The van der Waals surface area contributed by atoms with E-state index in [0.717, 1.165) is 11.3 Å². The molecule has 0 radical (unpaired) electrons. The average Bonchev–Trinajstić information content (AvgIpc) is 2.72. The van der Waals surface area contributed by atoms with Crippen molar-refractivity contribution >= 4 is 0 Å². The van der Waals surface area contributed by atoms with E-state index in [0.29, 0.717) is 12.3 Å². The molecular weight excluding hydrogens is 223 g/mol. The number of rotatable bonds is 4. The molecule has 0 atom stereocenters. The zero-order chi connectivity index (χ0) is 12.3. The minimum absolute atomic E-state index is 0.115. The minimum Gasteiger partial charge on any atom is -0.417 e. The lowest BCUT2D eigenvalue weighted by molar-refractivity contribution is 0.328. The highest BCUT2D eigenvalue weighted by atomic mass is 19.1. The maximum atomic E-state index is 13.0. The lowest BCUT2D eigenvalue weighted by Gasteiger charge is -2.04. The topological polar surface area (TPSA) is 47.3 Å². The van der Waals surface area contributed by atoms with E-state index in [1.807, 2.05) is 14.0 Å². The van der Waals surface area contributed by atoms with Gasteiger partial charge in [0, 0.05) is 12.6 Å². The van der Waals surface area contributed by atoms with Gasteiger partial charge in [-0.1, -0.05) is 6.07 Å². The number of aromatic nitrogens is 1. The smallest absolute Gasteiger partial charge is 0.399 e. The van der Waals surface area contributed by atoms with E-state index in [1.165, 1.54) is 18.4 Å². The Labute approximate surface area is 98.4 Å². The summed E-state index contributed by atoms with van der Waals surface area (Å²) in [5.41, 5.74) is 1.55. The van der Waals surface area contributed by atoms with Crippen molar-refractivity contribution in [3.63, 3.8) is 0 Å². The molecule has 1 aromatic heterocycles. The highest BCUT2D eigenvalue weighted by molar-refractivity contribution is 5.34. The number of nitrogens with zero attached hydrogens (tertiary/aromatic N) is 1. The Kier molecular flexibility index (Phi) is 3.39. The van der Waals surface area contributed by atoms with Crippen molar-refractivity contribution < 1.29 is 13.5 Å². The van der Waals surface area contributed by atoms with Gasteiger partial charge in [0.25, 0.3) is 0 Å². The third kappa shape index (κ3) is 2.82. The normalized spacial score (nSPS) is 10.5. The van der Waals surface area contributed by atoms with Crippen LogP contribution in [0.1, 0.15) is 11.3 Å². The van der Waals surface area contributed by atoms with Gasteiger partial charge in [0.2, 0.25) is 0 Å². The molecule has 0 aliphatic rings. The van der Waals surface area contributed by atoms with Crippen LogP contribution >= 0.6 is 0 Å². The number of benzene rings is 1. The zero-order valence-corrected chi connectivity index (χ0v) is 9.66. The zero-order valence-electron chi connectivity index (χ0n) is 9.66. The first kappa shape index (κ1) is 11.6. The van der Waals surface area contributed by atoms with Crippen LogP contribution in [0.25, 0.3) is 0 Å². The van der Waals surface area contributed by atoms with E-state index < -0.39 is 0 Å². The molecule has 0 amide bonds. The van der Waals surface area contributed by atoms with Crippen molar-refractivity contribution in [1.82, 2.24) is 10.3 Å². The molecule has 0 saturated heterocycles. The maximum Gasteiger partial charge on any atom is 0.399 e. The summed E-state index contributed by atoms with van der Waals surface area (Å²) in [4.78, 5) is 4.09. The van der Waals surface area contributed by atoms with Crippen molar-refractivity contribution in [1.29, 1.82) is 0 Å². The van der Waals surface area contributed by atoms with E-state index >= 15 is 0 Å². The Morgan fingerprint density at radius 1 is 1.47 bits per heavy atom. The number of aryl methyl sites for hydroxylation is 1.